The van der Waals surface area contributed by atoms with Gasteiger partial charge in [0.1, 0.15) is 6.04 Å². The van der Waals surface area contributed by atoms with Gasteiger partial charge in [-0.2, -0.15) is 0 Å². The number of hydrogen-bond donors (Lipinski definition) is 1. The van der Waals surface area contributed by atoms with Gasteiger partial charge in [-0.25, -0.2) is 0 Å². The van der Waals surface area contributed by atoms with E-state index in [9.17, 15) is 9.59 Å². The number of benzene rings is 2. The molecule has 1 atom stereocenters. The molecule has 2 aromatic rings. The molecule has 0 saturated heterocycles. The van der Waals surface area contributed by atoms with Gasteiger partial charge >= 0.3 is 0 Å². The predicted octanol–water partition coefficient (Wildman–Crippen LogP) is 3.76. The number of amides is 2. The lowest BCUT2D eigenvalue weighted by Crippen LogP contribution is -2.49. The van der Waals surface area contributed by atoms with E-state index in [1.807, 2.05) is 56.3 Å². The molecule has 4 nitrogen and oxygen atoms in total. The molecule has 1 N–H and O–H groups in total. The topological polar surface area (TPSA) is 49.4 Å². The Balaban J connectivity index is 1.79. The van der Waals surface area contributed by atoms with Crippen LogP contribution in [0.25, 0.3) is 0 Å². The van der Waals surface area contributed by atoms with Gasteiger partial charge in [-0.15, -0.1) is 0 Å². The maximum Gasteiger partial charge on any atom is 0.243 e. The lowest BCUT2D eigenvalue weighted by Gasteiger charge is -2.30. The minimum atomic E-state index is -0.479. The highest BCUT2D eigenvalue weighted by Crippen LogP contribution is 2.29. The summed E-state index contributed by atoms with van der Waals surface area (Å²) < 4.78 is 0. The van der Waals surface area contributed by atoms with E-state index in [0.29, 0.717) is 19.4 Å². The first-order valence-electron chi connectivity index (χ1n) is 9.33. The van der Waals surface area contributed by atoms with Crippen LogP contribution in [0, 0.1) is 6.92 Å². The van der Waals surface area contributed by atoms with Crippen molar-refractivity contribution in [3.8, 4) is 0 Å². The average Bonchev–Trinajstić information content (AvgIpc) is 2.81. The van der Waals surface area contributed by atoms with E-state index in [1.54, 1.807) is 4.90 Å². The van der Waals surface area contributed by atoms with Crippen molar-refractivity contribution in [1.29, 1.82) is 0 Å². The number of carbonyl (C=O) groups excluding carboxylic acids is 2. The third kappa shape index (κ3) is 3.96. The van der Waals surface area contributed by atoms with Crippen LogP contribution in [0.5, 0.6) is 0 Å². The normalized spacial score (nSPS) is 15.2. The second kappa shape index (κ2) is 8.17. The molecule has 0 saturated carbocycles. The second-order valence-corrected chi connectivity index (χ2v) is 6.87. The zero-order valence-electron chi connectivity index (χ0n) is 15.5. The standard InChI is InChI=1S/C22H26N2O2/c1-3-19(22(26)23-15-17-13-11-16(2)12-14-17)24-20-9-5-4-7-18(20)8-6-10-21(24)25/h4-5,7,9,11-14,19H,3,6,8,10,15H2,1-2H3,(H,23,26)/t19-/m0/s1. The summed E-state index contributed by atoms with van der Waals surface area (Å²) >= 11 is 0. The van der Waals surface area contributed by atoms with Crippen LogP contribution in [-0.4, -0.2) is 17.9 Å². The molecule has 2 aromatic carbocycles. The lowest BCUT2D eigenvalue weighted by molar-refractivity contribution is -0.126. The highest BCUT2D eigenvalue weighted by Gasteiger charge is 2.32. The number of para-hydroxylation sites is 1. The summed E-state index contributed by atoms with van der Waals surface area (Å²) in [5, 5.41) is 3.01. The van der Waals surface area contributed by atoms with Gasteiger partial charge in [0.05, 0.1) is 0 Å². The van der Waals surface area contributed by atoms with Crippen molar-refractivity contribution in [3.05, 3.63) is 65.2 Å². The van der Waals surface area contributed by atoms with Crippen molar-refractivity contribution in [2.24, 2.45) is 0 Å². The Morgan fingerprint density at radius 1 is 1.12 bits per heavy atom. The van der Waals surface area contributed by atoms with Gasteiger partial charge in [-0.3, -0.25) is 14.5 Å². The Kier molecular flexibility index (Phi) is 5.71. The molecular weight excluding hydrogens is 324 g/mol. The van der Waals surface area contributed by atoms with Crippen molar-refractivity contribution >= 4 is 17.5 Å². The summed E-state index contributed by atoms with van der Waals surface area (Å²) in [7, 11) is 0. The number of carbonyl (C=O) groups is 2. The molecule has 0 fully saturated rings. The summed E-state index contributed by atoms with van der Waals surface area (Å²) in [6, 6.07) is 15.6. The largest absolute Gasteiger partial charge is 0.350 e. The van der Waals surface area contributed by atoms with Gasteiger partial charge in [0.2, 0.25) is 11.8 Å². The minimum absolute atomic E-state index is 0.0345. The van der Waals surface area contributed by atoms with Gasteiger partial charge in [0.15, 0.2) is 0 Å². The van der Waals surface area contributed by atoms with E-state index in [-0.39, 0.29) is 11.8 Å². The third-order valence-electron chi connectivity index (χ3n) is 4.94. The summed E-state index contributed by atoms with van der Waals surface area (Å²) in [4.78, 5) is 27.3. The van der Waals surface area contributed by atoms with Crippen LogP contribution in [-0.2, 0) is 22.6 Å². The maximum atomic E-state index is 12.9. The van der Waals surface area contributed by atoms with E-state index in [2.05, 4.69) is 11.4 Å². The van der Waals surface area contributed by atoms with Gasteiger partial charge in [-0.05, 0) is 43.4 Å². The van der Waals surface area contributed by atoms with Crippen LogP contribution in [0.3, 0.4) is 0 Å². The number of aryl methyl sites for hydroxylation is 2. The molecule has 0 spiro atoms. The third-order valence-corrected chi connectivity index (χ3v) is 4.94. The Labute approximate surface area is 155 Å². The summed E-state index contributed by atoms with van der Waals surface area (Å²) in [6.45, 7) is 4.47. The molecule has 1 aliphatic heterocycles. The fourth-order valence-corrected chi connectivity index (χ4v) is 3.48. The molecule has 0 radical (unpaired) electrons. The molecule has 26 heavy (non-hydrogen) atoms. The molecule has 136 valence electrons. The van der Waals surface area contributed by atoms with Crippen LogP contribution < -0.4 is 10.2 Å². The van der Waals surface area contributed by atoms with Crippen molar-refractivity contribution in [1.82, 2.24) is 5.32 Å². The molecule has 4 heteroatoms. The van der Waals surface area contributed by atoms with Crippen LogP contribution in [0.15, 0.2) is 48.5 Å². The zero-order valence-corrected chi connectivity index (χ0v) is 15.5. The molecular formula is C22H26N2O2. The smallest absolute Gasteiger partial charge is 0.243 e. The molecule has 1 heterocycles. The van der Waals surface area contributed by atoms with Crippen molar-refractivity contribution in [2.45, 2.75) is 52.1 Å². The van der Waals surface area contributed by atoms with Gasteiger partial charge in [0.25, 0.3) is 0 Å². The average molecular weight is 350 g/mol. The second-order valence-electron chi connectivity index (χ2n) is 6.87. The number of fused-ring (bicyclic) bond motifs is 1. The van der Waals surface area contributed by atoms with Gasteiger partial charge in [-0.1, -0.05) is 55.0 Å². The number of nitrogens with zero attached hydrogens (tertiary/aromatic N) is 1. The quantitative estimate of drug-likeness (QED) is 0.893. The van der Waals surface area contributed by atoms with E-state index in [1.165, 1.54) is 5.56 Å². The van der Waals surface area contributed by atoms with E-state index >= 15 is 0 Å². The highest BCUT2D eigenvalue weighted by atomic mass is 16.2. The van der Waals surface area contributed by atoms with E-state index < -0.39 is 6.04 Å². The molecule has 3 rings (SSSR count). The van der Waals surface area contributed by atoms with Crippen LogP contribution in [0.2, 0.25) is 0 Å². The van der Waals surface area contributed by atoms with Gasteiger partial charge < -0.3 is 5.32 Å². The molecule has 1 aliphatic rings. The van der Waals surface area contributed by atoms with Crippen molar-refractivity contribution in [2.75, 3.05) is 4.90 Å². The first-order chi connectivity index (χ1) is 12.6. The Hall–Kier alpha value is -2.62. The minimum Gasteiger partial charge on any atom is -0.350 e. The number of anilines is 1. The van der Waals surface area contributed by atoms with Crippen molar-refractivity contribution < 1.29 is 9.59 Å². The van der Waals surface area contributed by atoms with Crippen molar-refractivity contribution in [3.63, 3.8) is 0 Å². The fraction of sp³-hybridized carbons (Fsp3) is 0.364. The van der Waals surface area contributed by atoms with Gasteiger partial charge in [0, 0.05) is 18.7 Å². The molecule has 0 bridgehead atoms. The predicted molar refractivity (Wildman–Crippen MR) is 104 cm³/mol. The zero-order chi connectivity index (χ0) is 18.5. The lowest BCUT2D eigenvalue weighted by atomic mass is 10.1. The molecule has 2 amide bonds. The maximum absolute atomic E-state index is 12.9. The van der Waals surface area contributed by atoms with Crippen LogP contribution >= 0.6 is 0 Å². The summed E-state index contributed by atoms with van der Waals surface area (Å²) in [5.41, 5.74) is 4.27. The van der Waals surface area contributed by atoms with Crippen LogP contribution in [0.1, 0.15) is 42.9 Å². The molecule has 0 aromatic heterocycles. The molecule has 0 aliphatic carbocycles. The number of nitrogens with one attached hydrogen (secondary N) is 1. The number of hydrogen-bond acceptors (Lipinski definition) is 2. The SMILES string of the molecule is CC[C@@H](C(=O)NCc1ccc(C)cc1)N1C(=O)CCCc2ccccc21. The molecule has 0 unspecified atom stereocenters. The Morgan fingerprint density at radius 2 is 1.85 bits per heavy atom. The Bertz CT molecular complexity index is 783. The highest BCUT2D eigenvalue weighted by molar-refractivity contribution is 6.01. The first kappa shape index (κ1) is 18.2. The summed E-state index contributed by atoms with van der Waals surface area (Å²) in [6.07, 6.45) is 2.77. The Morgan fingerprint density at radius 3 is 2.58 bits per heavy atom. The van der Waals surface area contributed by atoms with E-state index in [4.69, 9.17) is 0 Å². The summed E-state index contributed by atoms with van der Waals surface area (Å²) in [5.74, 6) is -0.0644. The van der Waals surface area contributed by atoms with Crippen LogP contribution in [0.4, 0.5) is 5.69 Å². The fourth-order valence-electron chi connectivity index (χ4n) is 3.48. The monoisotopic (exact) mass is 350 g/mol. The number of rotatable bonds is 5. The first-order valence-corrected chi connectivity index (χ1v) is 9.33. The van der Waals surface area contributed by atoms with E-state index in [0.717, 1.165) is 29.7 Å².